The van der Waals surface area contributed by atoms with Crippen LogP contribution in [0, 0.1) is 6.92 Å². The maximum Gasteiger partial charge on any atom is 0.0485 e. The third kappa shape index (κ3) is 2.15. The zero-order valence-corrected chi connectivity index (χ0v) is 11.7. The Morgan fingerprint density at radius 3 is 3.00 bits per heavy atom. The summed E-state index contributed by atoms with van der Waals surface area (Å²) in [6.07, 6.45) is 4.00. The van der Waals surface area contributed by atoms with Crippen molar-refractivity contribution in [2.75, 3.05) is 0 Å². The van der Waals surface area contributed by atoms with Gasteiger partial charge >= 0.3 is 0 Å². The van der Waals surface area contributed by atoms with Gasteiger partial charge in [0.15, 0.2) is 0 Å². The Bertz CT molecular complexity index is 609. The Kier molecular flexibility index (Phi) is 3.29. The molecule has 2 atom stereocenters. The molecule has 0 radical (unpaired) electrons. The van der Waals surface area contributed by atoms with E-state index in [2.05, 4.69) is 17.1 Å². The number of fused-ring (bicyclic) bond motifs is 1. The molecule has 0 saturated carbocycles. The molecule has 98 valence electrons. The number of rotatable bonds is 2. The molecule has 1 aliphatic rings. The van der Waals surface area contributed by atoms with E-state index in [1.807, 2.05) is 31.3 Å². The van der Waals surface area contributed by atoms with Crippen molar-refractivity contribution in [2.24, 2.45) is 5.73 Å². The van der Waals surface area contributed by atoms with E-state index in [0.29, 0.717) is 5.92 Å². The van der Waals surface area contributed by atoms with Crippen molar-refractivity contribution in [1.82, 2.24) is 4.98 Å². The standard InChI is InChI=1S/C16H17ClN2/c1-10-12(5-2-6-14(10)17)15(18)13-8-7-11-4-3-9-19-16(11)13/h2-6,9,13,15H,7-8,18H2,1H3. The maximum atomic E-state index is 6.49. The lowest BCUT2D eigenvalue weighted by Crippen LogP contribution is -2.20. The fraction of sp³-hybridized carbons (Fsp3) is 0.312. The number of hydrogen-bond donors (Lipinski definition) is 1. The summed E-state index contributed by atoms with van der Waals surface area (Å²) in [5, 5.41) is 0.784. The fourth-order valence-corrected chi connectivity index (χ4v) is 3.18. The zero-order chi connectivity index (χ0) is 13.4. The number of nitrogens with two attached hydrogens (primary N) is 1. The van der Waals surface area contributed by atoms with Crippen LogP contribution in [0.5, 0.6) is 0 Å². The monoisotopic (exact) mass is 272 g/mol. The van der Waals surface area contributed by atoms with Crippen LogP contribution in [-0.4, -0.2) is 4.98 Å². The Hall–Kier alpha value is -1.38. The molecule has 2 aromatic rings. The first-order chi connectivity index (χ1) is 9.18. The summed E-state index contributed by atoms with van der Waals surface area (Å²) in [6, 6.07) is 10.1. The van der Waals surface area contributed by atoms with Gasteiger partial charge in [0.2, 0.25) is 0 Å². The predicted molar refractivity (Wildman–Crippen MR) is 78.4 cm³/mol. The van der Waals surface area contributed by atoms with Crippen molar-refractivity contribution < 1.29 is 0 Å². The highest BCUT2D eigenvalue weighted by Gasteiger charge is 2.30. The Morgan fingerprint density at radius 1 is 1.32 bits per heavy atom. The molecule has 0 aliphatic heterocycles. The van der Waals surface area contributed by atoms with Crippen LogP contribution < -0.4 is 5.73 Å². The molecular formula is C16H17ClN2. The van der Waals surface area contributed by atoms with E-state index < -0.39 is 0 Å². The minimum absolute atomic E-state index is 0.0325. The van der Waals surface area contributed by atoms with Crippen molar-refractivity contribution in [3.63, 3.8) is 0 Å². The molecule has 1 aliphatic carbocycles. The van der Waals surface area contributed by atoms with E-state index >= 15 is 0 Å². The molecule has 2 unspecified atom stereocenters. The highest BCUT2D eigenvalue weighted by molar-refractivity contribution is 6.31. The van der Waals surface area contributed by atoms with E-state index in [4.69, 9.17) is 17.3 Å². The maximum absolute atomic E-state index is 6.49. The molecule has 0 amide bonds. The van der Waals surface area contributed by atoms with Gasteiger partial charge in [-0.05, 0) is 48.6 Å². The molecule has 0 fully saturated rings. The highest BCUT2D eigenvalue weighted by atomic mass is 35.5. The second-order valence-corrected chi connectivity index (χ2v) is 5.58. The smallest absolute Gasteiger partial charge is 0.0485 e. The van der Waals surface area contributed by atoms with E-state index in [0.717, 1.165) is 34.7 Å². The number of benzene rings is 1. The summed E-state index contributed by atoms with van der Waals surface area (Å²) < 4.78 is 0. The Balaban J connectivity index is 1.98. The molecule has 19 heavy (non-hydrogen) atoms. The molecule has 3 heteroatoms. The van der Waals surface area contributed by atoms with E-state index in [1.54, 1.807) is 0 Å². The van der Waals surface area contributed by atoms with Gasteiger partial charge in [-0.25, -0.2) is 0 Å². The van der Waals surface area contributed by atoms with Crippen LogP contribution in [-0.2, 0) is 6.42 Å². The SMILES string of the molecule is Cc1c(Cl)cccc1C(N)C1CCc2cccnc21. The van der Waals surface area contributed by atoms with Crippen molar-refractivity contribution in [3.8, 4) is 0 Å². The van der Waals surface area contributed by atoms with Crippen molar-refractivity contribution in [2.45, 2.75) is 31.7 Å². The molecular weight excluding hydrogens is 256 g/mol. The van der Waals surface area contributed by atoms with E-state index in [1.165, 1.54) is 5.56 Å². The van der Waals surface area contributed by atoms with Gasteiger partial charge in [0.1, 0.15) is 0 Å². The van der Waals surface area contributed by atoms with Gasteiger partial charge < -0.3 is 5.73 Å². The predicted octanol–water partition coefficient (Wildman–Crippen LogP) is 3.77. The quantitative estimate of drug-likeness (QED) is 0.904. The number of pyridine rings is 1. The first-order valence-electron chi connectivity index (χ1n) is 6.63. The number of halogens is 1. The van der Waals surface area contributed by atoms with Crippen LogP contribution in [0.25, 0.3) is 0 Å². The van der Waals surface area contributed by atoms with E-state index in [9.17, 15) is 0 Å². The molecule has 0 saturated heterocycles. The number of nitrogens with zero attached hydrogens (tertiary/aromatic N) is 1. The van der Waals surface area contributed by atoms with Crippen molar-refractivity contribution in [1.29, 1.82) is 0 Å². The Labute approximate surface area is 118 Å². The summed E-state index contributed by atoms with van der Waals surface area (Å²) in [5.41, 5.74) is 11.2. The first-order valence-corrected chi connectivity index (χ1v) is 7.00. The molecule has 1 aromatic carbocycles. The van der Waals surface area contributed by atoms with Gasteiger partial charge in [0.05, 0.1) is 0 Å². The third-order valence-corrected chi connectivity index (χ3v) is 4.51. The van der Waals surface area contributed by atoms with Crippen LogP contribution >= 0.6 is 11.6 Å². The lowest BCUT2D eigenvalue weighted by molar-refractivity contribution is 0.539. The van der Waals surface area contributed by atoms with Gasteiger partial charge in [-0.2, -0.15) is 0 Å². The average Bonchev–Trinajstić information content (AvgIpc) is 2.85. The van der Waals surface area contributed by atoms with Crippen LogP contribution in [0.2, 0.25) is 5.02 Å². The summed E-state index contributed by atoms with van der Waals surface area (Å²) in [6.45, 7) is 2.03. The molecule has 3 rings (SSSR count). The summed E-state index contributed by atoms with van der Waals surface area (Å²) in [5.74, 6) is 0.299. The van der Waals surface area contributed by atoms with Gasteiger partial charge in [-0.15, -0.1) is 0 Å². The third-order valence-electron chi connectivity index (χ3n) is 4.10. The fourth-order valence-electron chi connectivity index (χ4n) is 3.00. The lowest BCUT2D eigenvalue weighted by Gasteiger charge is -2.22. The number of hydrogen-bond acceptors (Lipinski definition) is 2. The minimum Gasteiger partial charge on any atom is -0.323 e. The largest absolute Gasteiger partial charge is 0.323 e. The number of aromatic nitrogens is 1. The zero-order valence-electron chi connectivity index (χ0n) is 10.9. The van der Waals surface area contributed by atoms with E-state index in [-0.39, 0.29) is 6.04 Å². The van der Waals surface area contributed by atoms with Crippen LogP contribution in [0.15, 0.2) is 36.5 Å². The topological polar surface area (TPSA) is 38.9 Å². The Morgan fingerprint density at radius 2 is 2.16 bits per heavy atom. The second kappa shape index (κ2) is 4.95. The van der Waals surface area contributed by atoms with Crippen molar-refractivity contribution >= 4 is 11.6 Å². The van der Waals surface area contributed by atoms with Gasteiger partial charge in [0.25, 0.3) is 0 Å². The first kappa shape index (κ1) is 12.6. The molecule has 1 heterocycles. The molecule has 0 spiro atoms. The average molecular weight is 273 g/mol. The van der Waals surface area contributed by atoms with Crippen LogP contribution in [0.3, 0.4) is 0 Å². The lowest BCUT2D eigenvalue weighted by atomic mass is 9.89. The minimum atomic E-state index is -0.0325. The molecule has 2 nitrogen and oxygen atoms in total. The van der Waals surface area contributed by atoms with Gasteiger partial charge in [0, 0.05) is 28.9 Å². The van der Waals surface area contributed by atoms with Crippen LogP contribution in [0.1, 0.15) is 40.8 Å². The number of aryl methyl sites for hydroxylation is 1. The highest BCUT2D eigenvalue weighted by Crippen LogP contribution is 2.40. The second-order valence-electron chi connectivity index (χ2n) is 5.17. The summed E-state index contributed by atoms with van der Waals surface area (Å²) >= 11 is 6.19. The normalized spacial score (nSPS) is 19.2. The summed E-state index contributed by atoms with van der Waals surface area (Å²) in [7, 11) is 0. The molecule has 1 aromatic heterocycles. The molecule has 2 N–H and O–H groups in total. The molecule has 0 bridgehead atoms. The summed E-state index contributed by atoms with van der Waals surface area (Å²) in [4.78, 5) is 4.53. The van der Waals surface area contributed by atoms with Crippen molar-refractivity contribution in [3.05, 3.63) is 63.9 Å². The van der Waals surface area contributed by atoms with Gasteiger partial charge in [-0.3, -0.25) is 4.98 Å². The van der Waals surface area contributed by atoms with Gasteiger partial charge in [-0.1, -0.05) is 29.8 Å². The van der Waals surface area contributed by atoms with Crippen LogP contribution in [0.4, 0.5) is 0 Å².